The zero-order valence-electron chi connectivity index (χ0n) is 35.1. The van der Waals surface area contributed by atoms with Crippen LogP contribution < -0.4 is 13.6 Å². The van der Waals surface area contributed by atoms with E-state index in [1.807, 2.05) is 59.7 Å². The first-order valence-corrected chi connectivity index (χ1v) is 21.1. The SMILES string of the molecule is C=Cc1ccc(OP(=O)(Oc2ccc(C=C)c(C=C)c2C(C)(C)C2=NCCO2)Oc2ccc(C=C)c(C=C)c2C(C)(C)C2=NCCO2)c(C(C)(C)C2=NCCO2)c1C=C. The van der Waals surface area contributed by atoms with Gasteiger partial charge in [0.15, 0.2) is 17.7 Å². The number of aliphatic imine (C=N–C) groups is 3. The largest absolute Gasteiger partial charge is 0.647 e. The monoisotopic (exact) mass is 815 g/mol. The smallest absolute Gasteiger partial charge is 0.478 e. The summed E-state index contributed by atoms with van der Waals surface area (Å²) < 4.78 is 54.7. The molecule has 0 amide bonds. The third kappa shape index (κ3) is 7.86. The van der Waals surface area contributed by atoms with Crippen LogP contribution in [0.3, 0.4) is 0 Å². The molecule has 0 spiro atoms. The summed E-state index contributed by atoms with van der Waals surface area (Å²) in [5.41, 5.74) is 3.54. The summed E-state index contributed by atoms with van der Waals surface area (Å²) in [6.45, 7) is 39.2. The fourth-order valence-electron chi connectivity index (χ4n) is 8.08. The fourth-order valence-corrected chi connectivity index (χ4v) is 9.37. The van der Waals surface area contributed by atoms with Gasteiger partial charge < -0.3 is 27.8 Å². The van der Waals surface area contributed by atoms with Crippen molar-refractivity contribution in [1.82, 2.24) is 0 Å². The highest BCUT2D eigenvalue weighted by atomic mass is 31.2. The van der Waals surface area contributed by atoms with Gasteiger partial charge in [0.2, 0.25) is 0 Å². The van der Waals surface area contributed by atoms with Crippen molar-refractivity contribution in [3.05, 3.63) is 126 Å². The van der Waals surface area contributed by atoms with Crippen molar-refractivity contribution in [2.45, 2.75) is 57.8 Å². The minimum atomic E-state index is -4.85. The van der Waals surface area contributed by atoms with E-state index in [0.717, 1.165) is 16.7 Å². The minimum absolute atomic E-state index is 0.198. The Morgan fingerprint density at radius 3 is 0.966 bits per heavy atom. The van der Waals surface area contributed by atoms with Crippen molar-refractivity contribution in [1.29, 1.82) is 0 Å². The molecule has 0 saturated carbocycles. The number of phosphoric ester groups is 1. The number of hydrogen-bond acceptors (Lipinski definition) is 10. The number of benzene rings is 3. The van der Waals surface area contributed by atoms with E-state index in [2.05, 4.69) is 54.5 Å². The Morgan fingerprint density at radius 1 is 0.492 bits per heavy atom. The van der Waals surface area contributed by atoms with Gasteiger partial charge in [-0.15, -0.1) is 0 Å². The number of hydrogen-bond donors (Lipinski definition) is 0. The number of phosphoric acid groups is 1. The molecule has 0 saturated heterocycles. The lowest BCUT2D eigenvalue weighted by molar-refractivity contribution is 0.285. The quantitative estimate of drug-likeness (QED) is 0.118. The van der Waals surface area contributed by atoms with Crippen LogP contribution in [0.2, 0.25) is 0 Å². The second-order valence-corrected chi connectivity index (χ2v) is 17.2. The third-order valence-electron chi connectivity index (χ3n) is 10.9. The summed E-state index contributed by atoms with van der Waals surface area (Å²) in [5, 5.41) is 0. The molecule has 59 heavy (non-hydrogen) atoms. The molecule has 308 valence electrons. The molecule has 3 aliphatic rings. The van der Waals surface area contributed by atoms with E-state index >= 15 is 4.57 Å². The second kappa shape index (κ2) is 16.8. The van der Waals surface area contributed by atoms with Crippen LogP contribution in [0.25, 0.3) is 36.5 Å². The molecule has 0 aromatic heterocycles. The Bertz CT molecular complexity index is 2120. The molecule has 0 unspecified atom stereocenters. The first-order valence-electron chi connectivity index (χ1n) is 19.6. The molecule has 0 N–H and O–H groups in total. The lowest BCUT2D eigenvalue weighted by atomic mass is 9.79. The molecular weight excluding hydrogens is 762 g/mol. The van der Waals surface area contributed by atoms with Gasteiger partial charge in [-0.1, -0.05) is 94.1 Å². The zero-order chi connectivity index (χ0) is 42.8. The highest BCUT2D eigenvalue weighted by Crippen LogP contribution is 2.56. The van der Waals surface area contributed by atoms with Crippen LogP contribution in [0.4, 0.5) is 0 Å². The molecule has 0 fully saturated rings. The molecule has 11 heteroatoms. The Balaban J connectivity index is 1.64. The van der Waals surface area contributed by atoms with Crippen LogP contribution in [0.5, 0.6) is 17.2 Å². The van der Waals surface area contributed by atoms with Gasteiger partial charge in [0.1, 0.15) is 37.1 Å². The van der Waals surface area contributed by atoms with E-state index in [4.69, 9.17) is 27.8 Å². The predicted octanol–water partition coefficient (Wildman–Crippen LogP) is 11.3. The molecule has 0 bridgehead atoms. The fraction of sp³-hybridized carbons (Fsp3) is 0.312. The van der Waals surface area contributed by atoms with Crippen molar-refractivity contribution in [2.24, 2.45) is 15.0 Å². The Labute approximate surface area is 348 Å². The Kier molecular flexibility index (Phi) is 12.2. The van der Waals surface area contributed by atoms with E-state index < -0.39 is 24.1 Å². The minimum Gasteiger partial charge on any atom is -0.478 e. The van der Waals surface area contributed by atoms with Gasteiger partial charge in [-0.2, -0.15) is 4.57 Å². The van der Waals surface area contributed by atoms with Crippen LogP contribution >= 0.6 is 7.82 Å². The normalized spacial score (nSPS) is 15.4. The molecule has 0 radical (unpaired) electrons. The number of nitrogens with zero attached hydrogens (tertiary/aromatic N) is 3. The lowest BCUT2D eigenvalue weighted by Gasteiger charge is -2.33. The van der Waals surface area contributed by atoms with E-state index in [-0.39, 0.29) is 17.2 Å². The first kappa shape index (κ1) is 42.7. The van der Waals surface area contributed by atoms with Crippen molar-refractivity contribution < 1.29 is 32.3 Å². The topological polar surface area (TPSA) is 110 Å². The average molecular weight is 816 g/mol. The van der Waals surface area contributed by atoms with E-state index in [1.54, 1.807) is 54.7 Å². The summed E-state index contributed by atoms with van der Waals surface area (Å²) in [6, 6.07) is 10.6. The van der Waals surface area contributed by atoms with Crippen LogP contribution in [0.15, 0.2) is 90.8 Å². The zero-order valence-corrected chi connectivity index (χ0v) is 36.0. The molecule has 10 nitrogen and oxygen atoms in total. The molecule has 3 aromatic carbocycles. The van der Waals surface area contributed by atoms with Gasteiger partial charge in [-0.25, -0.2) is 0 Å². The molecule has 3 heterocycles. The van der Waals surface area contributed by atoms with Gasteiger partial charge in [-0.3, -0.25) is 15.0 Å². The van der Waals surface area contributed by atoms with E-state index in [1.165, 1.54) is 0 Å². The maximum absolute atomic E-state index is 16.2. The molecule has 0 aliphatic carbocycles. The standard InChI is InChI=1S/C48H54N3O7P/c1-13-31-19-22-37(40(34(31)16-4)46(7,8)43-49-25-28-53-43)56-59(52,57-38-23-20-32(14-2)35(17-5)41(38)47(9,10)44-50-26-29-54-44)58-39-24-21-33(15-3)36(18-6)42(39)48(11,12)45-51-27-30-55-45/h13-24H,1-6,25-30H2,7-12H3. The van der Waals surface area contributed by atoms with Gasteiger partial charge in [0.05, 0.1) is 35.9 Å². The van der Waals surface area contributed by atoms with E-state index in [9.17, 15) is 0 Å². The molecule has 3 aromatic rings. The van der Waals surface area contributed by atoms with Crippen molar-refractivity contribution >= 4 is 62.0 Å². The third-order valence-corrected chi connectivity index (χ3v) is 12.1. The van der Waals surface area contributed by atoms with E-state index in [0.29, 0.717) is 90.5 Å². The van der Waals surface area contributed by atoms with Gasteiger partial charge in [-0.05, 0) is 93.1 Å². The van der Waals surface area contributed by atoms with Crippen molar-refractivity contribution in [3.8, 4) is 17.2 Å². The highest BCUT2D eigenvalue weighted by Gasteiger charge is 2.45. The summed E-state index contributed by atoms with van der Waals surface area (Å²) >= 11 is 0. The summed E-state index contributed by atoms with van der Waals surface area (Å²) in [5.74, 6) is 2.09. The lowest BCUT2D eigenvalue weighted by Crippen LogP contribution is -2.32. The molecule has 6 rings (SSSR count). The highest BCUT2D eigenvalue weighted by molar-refractivity contribution is 7.49. The molecule has 3 aliphatic heterocycles. The van der Waals surface area contributed by atoms with Crippen molar-refractivity contribution in [2.75, 3.05) is 39.5 Å². The first-order chi connectivity index (χ1) is 28.1. The maximum Gasteiger partial charge on any atom is 0.647 e. The second-order valence-electron chi connectivity index (χ2n) is 15.8. The van der Waals surface area contributed by atoms with Crippen LogP contribution in [0.1, 0.15) is 91.6 Å². The Hall–Kier alpha value is -5.86. The molecule has 0 atom stereocenters. The summed E-state index contributed by atoms with van der Waals surface area (Å²) in [6.07, 6.45) is 10.3. The number of ether oxygens (including phenoxy) is 3. The summed E-state index contributed by atoms with van der Waals surface area (Å²) in [7, 11) is -4.85. The summed E-state index contributed by atoms with van der Waals surface area (Å²) in [4.78, 5) is 14.0. The van der Waals surface area contributed by atoms with Crippen molar-refractivity contribution in [3.63, 3.8) is 0 Å². The van der Waals surface area contributed by atoms with Gasteiger partial charge in [0.25, 0.3) is 0 Å². The number of rotatable bonds is 18. The average Bonchev–Trinajstić information content (AvgIpc) is 4.05. The maximum atomic E-state index is 16.2. The van der Waals surface area contributed by atoms with Gasteiger partial charge in [0, 0.05) is 16.7 Å². The Morgan fingerprint density at radius 2 is 0.763 bits per heavy atom. The van der Waals surface area contributed by atoms with Gasteiger partial charge >= 0.3 is 7.82 Å². The van der Waals surface area contributed by atoms with Crippen LogP contribution in [-0.4, -0.2) is 57.1 Å². The predicted molar refractivity (Wildman–Crippen MR) is 243 cm³/mol. The van der Waals surface area contributed by atoms with Crippen LogP contribution in [-0.2, 0) is 35.0 Å². The molecular formula is C48H54N3O7P. The van der Waals surface area contributed by atoms with Crippen LogP contribution in [0, 0.1) is 0 Å².